The Labute approximate surface area is 85.5 Å². The van der Waals surface area contributed by atoms with E-state index in [4.69, 9.17) is 5.26 Å². The van der Waals surface area contributed by atoms with Gasteiger partial charge in [0.1, 0.15) is 5.76 Å². The van der Waals surface area contributed by atoms with Crippen LogP contribution in [0.2, 0.25) is 0 Å². The van der Waals surface area contributed by atoms with Crippen molar-refractivity contribution in [3.05, 3.63) is 36.1 Å². The molecule has 0 aromatic rings. The second-order valence-electron chi connectivity index (χ2n) is 3.49. The number of allylic oxidation sites excluding steroid dienone is 6. The molecule has 0 aromatic heterocycles. The molecule has 2 nitrogen and oxygen atoms in total. The van der Waals surface area contributed by atoms with E-state index in [0.29, 0.717) is 5.76 Å². The highest BCUT2D eigenvalue weighted by molar-refractivity contribution is 5.13. The van der Waals surface area contributed by atoms with Crippen molar-refractivity contribution < 1.29 is 10.1 Å². The van der Waals surface area contributed by atoms with E-state index in [2.05, 4.69) is 11.0 Å². The summed E-state index contributed by atoms with van der Waals surface area (Å²) < 4.78 is 0. The van der Waals surface area contributed by atoms with Crippen LogP contribution in [-0.4, -0.2) is 5.26 Å². The minimum Gasteiger partial charge on any atom is -0.345 e. The molecular formula is C12H18O2. The number of hydrogen-bond acceptors (Lipinski definition) is 2. The molecule has 0 spiro atoms. The molecule has 78 valence electrons. The number of hydrogen-bond donors (Lipinski definition) is 1. The highest BCUT2D eigenvalue weighted by atomic mass is 17.1. The molecule has 1 N–H and O–H groups in total. The van der Waals surface area contributed by atoms with Gasteiger partial charge in [-0.25, -0.2) is 5.26 Å². The summed E-state index contributed by atoms with van der Waals surface area (Å²) in [6, 6.07) is 0. The van der Waals surface area contributed by atoms with Crippen LogP contribution in [-0.2, 0) is 4.89 Å². The summed E-state index contributed by atoms with van der Waals surface area (Å²) in [4.78, 5) is 4.28. The third kappa shape index (κ3) is 4.87. The molecule has 0 aliphatic heterocycles. The lowest BCUT2D eigenvalue weighted by atomic mass is 10.1. The molecule has 0 amide bonds. The van der Waals surface area contributed by atoms with Crippen LogP contribution in [0.4, 0.5) is 0 Å². The Bertz CT molecular complexity index is 226. The van der Waals surface area contributed by atoms with Crippen LogP contribution in [0.15, 0.2) is 36.1 Å². The van der Waals surface area contributed by atoms with Gasteiger partial charge in [-0.05, 0) is 25.3 Å². The van der Waals surface area contributed by atoms with E-state index in [0.717, 1.165) is 19.3 Å². The van der Waals surface area contributed by atoms with Crippen molar-refractivity contribution in [1.82, 2.24) is 0 Å². The van der Waals surface area contributed by atoms with E-state index >= 15 is 0 Å². The van der Waals surface area contributed by atoms with Gasteiger partial charge in [-0.1, -0.05) is 37.1 Å². The second kappa shape index (κ2) is 7.39. The Morgan fingerprint density at radius 1 is 1.00 bits per heavy atom. The summed E-state index contributed by atoms with van der Waals surface area (Å²) in [5, 5.41) is 8.58. The first kappa shape index (κ1) is 11.1. The van der Waals surface area contributed by atoms with Crippen LogP contribution < -0.4 is 0 Å². The normalized spacial score (nSPS) is 27.6. The van der Waals surface area contributed by atoms with Gasteiger partial charge in [0, 0.05) is 6.42 Å². The van der Waals surface area contributed by atoms with E-state index in [1.807, 2.05) is 24.3 Å². The van der Waals surface area contributed by atoms with Crippen LogP contribution in [0.5, 0.6) is 0 Å². The van der Waals surface area contributed by atoms with Crippen LogP contribution in [0.1, 0.15) is 38.5 Å². The average Bonchev–Trinajstić information content (AvgIpc) is 2.19. The summed E-state index contributed by atoms with van der Waals surface area (Å²) in [6.45, 7) is 0. The Kier molecular flexibility index (Phi) is 5.84. The van der Waals surface area contributed by atoms with E-state index in [1.165, 1.54) is 19.3 Å². The molecule has 0 saturated heterocycles. The lowest BCUT2D eigenvalue weighted by molar-refractivity contribution is -0.205. The zero-order valence-electron chi connectivity index (χ0n) is 8.48. The molecule has 0 unspecified atom stereocenters. The predicted molar refractivity (Wildman–Crippen MR) is 57.8 cm³/mol. The van der Waals surface area contributed by atoms with Gasteiger partial charge in [0.2, 0.25) is 0 Å². The van der Waals surface area contributed by atoms with Crippen molar-refractivity contribution in [2.45, 2.75) is 38.5 Å². The molecule has 1 rings (SSSR count). The van der Waals surface area contributed by atoms with Gasteiger partial charge in [0.05, 0.1) is 0 Å². The Morgan fingerprint density at radius 2 is 1.86 bits per heavy atom. The predicted octanol–water partition coefficient (Wildman–Crippen LogP) is 3.83. The highest BCUT2D eigenvalue weighted by Gasteiger charge is 1.97. The summed E-state index contributed by atoms with van der Waals surface area (Å²) in [5.74, 6) is 0.648. The second-order valence-corrected chi connectivity index (χ2v) is 3.49. The van der Waals surface area contributed by atoms with Crippen molar-refractivity contribution in [3.8, 4) is 0 Å². The quantitative estimate of drug-likeness (QED) is 0.508. The van der Waals surface area contributed by atoms with Crippen molar-refractivity contribution in [2.24, 2.45) is 0 Å². The fourth-order valence-corrected chi connectivity index (χ4v) is 1.48. The fourth-order valence-electron chi connectivity index (χ4n) is 1.48. The minimum absolute atomic E-state index is 0.648. The van der Waals surface area contributed by atoms with Gasteiger partial charge < -0.3 is 4.89 Å². The molecule has 14 heavy (non-hydrogen) atoms. The topological polar surface area (TPSA) is 29.5 Å². The van der Waals surface area contributed by atoms with Gasteiger partial charge in [-0.2, -0.15) is 0 Å². The first-order chi connectivity index (χ1) is 6.93. The van der Waals surface area contributed by atoms with Crippen molar-refractivity contribution in [3.63, 3.8) is 0 Å². The summed E-state index contributed by atoms with van der Waals surface area (Å²) in [7, 11) is 0. The van der Waals surface area contributed by atoms with Crippen LogP contribution in [0.25, 0.3) is 0 Å². The van der Waals surface area contributed by atoms with E-state index in [9.17, 15) is 0 Å². The fraction of sp³-hybridized carbons (Fsp3) is 0.500. The number of rotatable bonds is 1. The molecule has 0 fully saturated rings. The zero-order valence-corrected chi connectivity index (χ0v) is 8.48. The summed E-state index contributed by atoms with van der Waals surface area (Å²) in [6.07, 6.45) is 16.7. The Hall–Kier alpha value is -1.02. The maximum absolute atomic E-state index is 8.58. The Morgan fingerprint density at radius 3 is 2.71 bits per heavy atom. The van der Waals surface area contributed by atoms with Gasteiger partial charge >= 0.3 is 0 Å². The molecule has 1 aliphatic carbocycles. The molecule has 0 radical (unpaired) electrons. The van der Waals surface area contributed by atoms with Gasteiger partial charge in [-0.3, -0.25) is 0 Å². The smallest absolute Gasteiger partial charge is 0.142 e. The molecular weight excluding hydrogens is 176 g/mol. The summed E-state index contributed by atoms with van der Waals surface area (Å²) in [5.41, 5.74) is 0. The molecule has 0 bridgehead atoms. The molecule has 0 heterocycles. The first-order valence-electron chi connectivity index (χ1n) is 5.27. The zero-order chi connectivity index (χ0) is 10.1. The standard InChI is InChI=1S/C12H18O2/c13-14-12-10-8-6-4-2-1-3-5-7-9-11-12/h2,4,6,8,10,13H,1,3,5,7,9,11H2/b4-2-,8-6-,12-10+. The lowest BCUT2D eigenvalue weighted by Crippen LogP contribution is -1.88. The van der Waals surface area contributed by atoms with Crippen molar-refractivity contribution in [2.75, 3.05) is 0 Å². The average molecular weight is 194 g/mol. The maximum atomic E-state index is 8.58. The third-order valence-electron chi connectivity index (χ3n) is 2.30. The molecule has 0 aromatic carbocycles. The monoisotopic (exact) mass is 194 g/mol. The largest absolute Gasteiger partial charge is 0.345 e. The van der Waals surface area contributed by atoms with Crippen LogP contribution >= 0.6 is 0 Å². The minimum atomic E-state index is 0.648. The van der Waals surface area contributed by atoms with Gasteiger partial charge in [0.25, 0.3) is 0 Å². The highest BCUT2D eigenvalue weighted by Crippen LogP contribution is 2.12. The molecule has 2 heteroatoms. The van der Waals surface area contributed by atoms with Crippen LogP contribution in [0.3, 0.4) is 0 Å². The Balaban J connectivity index is 2.50. The van der Waals surface area contributed by atoms with Crippen LogP contribution in [0, 0.1) is 0 Å². The van der Waals surface area contributed by atoms with E-state index in [-0.39, 0.29) is 0 Å². The van der Waals surface area contributed by atoms with Gasteiger partial charge in [0.15, 0.2) is 0 Å². The van der Waals surface area contributed by atoms with Crippen molar-refractivity contribution >= 4 is 0 Å². The summed E-state index contributed by atoms with van der Waals surface area (Å²) >= 11 is 0. The molecule has 0 atom stereocenters. The molecule has 1 aliphatic rings. The molecule has 0 saturated carbocycles. The lowest BCUT2D eigenvalue weighted by Gasteiger charge is -2.03. The van der Waals surface area contributed by atoms with Crippen molar-refractivity contribution in [1.29, 1.82) is 0 Å². The van der Waals surface area contributed by atoms with E-state index in [1.54, 1.807) is 0 Å². The third-order valence-corrected chi connectivity index (χ3v) is 2.30. The maximum Gasteiger partial charge on any atom is 0.142 e. The SMILES string of the molecule is OO/C1=C/C=C\C=C/CCCCCC1. The van der Waals surface area contributed by atoms with Gasteiger partial charge in [-0.15, -0.1) is 0 Å². The van der Waals surface area contributed by atoms with E-state index < -0.39 is 0 Å². The first-order valence-corrected chi connectivity index (χ1v) is 5.27.